The van der Waals surface area contributed by atoms with Crippen molar-refractivity contribution >= 4 is 11.8 Å². The smallest absolute Gasteiger partial charge is 0.0895 e. The minimum Gasteiger partial charge on any atom is -0.387 e. The van der Waals surface area contributed by atoms with Crippen LogP contribution in [0.1, 0.15) is 39.5 Å². The summed E-state index contributed by atoms with van der Waals surface area (Å²) >= 11 is 1.91. The molecule has 0 radical (unpaired) electrons. The maximum atomic E-state index is 10.7. The van der Waals surface area contributed by atoms with Gasteiger partial charge in [0.05, 0.1) is 5.60 Å². The van der Waals surface area contributed by atoms with Gasteiger partial charge in [-0.05, 0) is 37.0 Å². The average molecular weight is 229 g/mol. The number of thioether (sulfide) groups is 1. The van der Waals surface area contributed by atoms with Crippen molar-refractivity contribution in [3.63, 3.8) is 0 Å². The Balaban J connectivity index is 2.04. The van der Waals surface area contributed by atoms with Gasteiger partial charge in [-0.3, -0.25) is 0 Å². The summed E-state index contributed by atoms with van der Waals surface area (Å²) in [4.78, 5) is 0. The molecular formula is C12H23NOS. The van der Waals surface area contributed by atoms with Crippen LogP contribution >= 0.6 is 11.8 Å². The highest BCUT2D eigenvalue weighted by Gasteiger charge is 2.44. The van der Waals surface area contributed by atoms with Crippen molar-refractivity contribution in [2.75, 3.05) is 18.1 Å². The Bertz CT molecular complexity index is 226. The Morgan fingerprint density at radius 2 is 2.07 bits per heavy atom. The highest BCUT2D eigenvalue weighted by Crippen LogP contribution is 2.41. The third kappa shape index (κ3) is 2.69. The lowest BCUT2D eigenvalue weighted by Crippen LogP contribution is -2.58. The van der Waals surface area contributed by atoms with Crippen molar-refractivity contribution in [2.45, 2.75) is 51.2 Å². The van der Waals surface area contributed by atoms with E-state index in [2.05, 4.69) is 19.2 Å². The molecule has 2 fully saturated rings. The van der Waals surface area contributed by atoms with Crippen LogP contribution in [0.2, 0.25) is 0 Å². The highest BCUT2D eigenvalue weighted by molar-refractivity contribution is 7.99. The van der Waals surface area contributed by atoms with Crippen LogP contribution in [-0.2, 0) is 0 Å². The zero-order chi connectivity index (χ0) is 10.9. The molecule has 0 aromatic heterocycles. The third-order valence-electron chi connectivity index (χ3n) is 3.59. The molecular weight excluding hydrogens is 206 g/mol. The van der Waals surface area contributed by atoms with Crippen LogP contribution in [0.3, 0.4) is 0 Å². The van der Waals surface area contributed by atoms with Gasteiger partial charge in [0.25, 0.3) is 0 Å². The van der Waals surface area contributed by atoms with Crippen molar-refractivity contribution in [3.8, 4) is 0 Å². The van der Waals surface area contributed by atoms with Gasteiger partial charge in [0.2, 0.25) is 0 Å². The second kappa shape index (κ2) is 4.27. The summed E-state index contributed by atoms with van der Waals surface area (Å²) in [5, 5.41) is 14.3. The van der Waals surface area contributed by atoms with Crippen LogP contribution in [-0.4, -0.2) is 34.8 Å². The zero-order valence-electron chi connectivity index (χ0n) is 9.88. The van der Waals surface area contributed by atoms with Gasteiger partial charge in [-0.1, -0.05) is 20.3 Å². The molecule has 2 unspecified atom stereocenters. The lowest BCUT2D eigenvalue weighted by atomic mass is 9.76. The number of piperidine rings is 1. The normalized spacial score (nSPS) is 41.4. The van der Waals surface area contributed by atoms with Gasteiger partial charge in [0.15, 0.2) is 0 Å². The second-order valence-corrected chi connectivity index (χ2v) is 6.93. The first kappa shape index (κ1) is 11.7. The first-order valence-electron chi connectivity index (χ1n) is 6.05. The summed E-state index contributed by atoms with van der Waals surface area (Å²) in [6, 6.07) is 0.332. The minimum atomic E-state index is -0.465. The Kier molecular flexibility index (Phi) is 3.34. The van der Waals surface area contributed by atoms with Gasteiger partial charge in [0, 0.05) is 11.8 Å². The average Bonchev–Trinajstić information content (AvgIpc) is 2.17. The van der Waals surface area contributed by atoms with E-state index in [1.54, 1.807) is 0 Å². The molecule has 0 saturated carbocycles. The van der Waals surface area contributed by atoms with Crippen LogP contribution in [0.15, 0.2) is 0 Å². The first-order chi connectivity index (χ1) is 7.02. The lowest BCUT2D eigenvalue weighted by molar-refractivity contribution is -0.0219. The van der Waals surface area contributed by atoms with Crippen molar-refractivity contribution in [1.82, 2.24) is 5.32 Å². The van der Waals surface area contributed by atoms with Crippen LogP contribution in [0.4, 0.5) is 0 Å². The van der Waals surface area contributed by atoms with Crippen LogP contribution in [0.25, 0.3) is 0 Å². The molecule has 3 heteroatoms. The number of aliphatic hydroxyl groups is 1. The van der Waals surface area contributed by atoms with E-state index in [1.807, 2.05) is 11.8 Å². The van der Waals surface area contributed by atoms with Gasteiger partial charge in [-0.15, -0.1) is 0 Å². The molecule has 2 aliphatic heterocycles. The summed E-state index contributed by atoms with van der Waals surface area (Å²) in [7, 11) is 0. The Hall–Kier alpha value is 0.270. The Morgan fingerprint density at radius 3 is 2.67 bits per heavy atom. The van der Waals surface area contributed by atoms with E-state index in [0.29, 0.717) is 6.04 Å². The maximum Gasteiger partial charge on any atom is 0.0895 e. The van der Waals surface area contributed by atoms with Gasteiger partial charge in [-0.2, -0.15) is 11.8 Å². The first-order valence-corrected chi connectivity index (χ1v) is 7.21. The van der Waals surface area contributed by atoms with Crippen LogP contribution < -0.4 is 5.32 Å². The molecule has 0 spiro atoms. The fourth-order valence-corrected chi connectivity index (χ4v) is 4.38. The molecule has 0 aromatic rings. The number of nitrogens with one attached hydrogen (secondary N) is 1. The molecule has 2 N–H and O–H groups in total. The van der Waals surface area contributed by atoms with E-state index < -0.39 is 5.60 Å². The third-order valence-corrected chi connectivity index (χ3v) is 5.28. The largest absolute Gasteiger partial charge is 0.387 e. The standard InChI is InChI=1S/C12H23NOS/c1-11(2)7-12(14,9-15-8-11)10-5-3-4-6-13-10/h10,13-14H,3-9H2,1-2H3. The molecule has 2 nitrogen and oxygen atoms in total. The number of hydrogen-bond acceptors (Lipinski definition) is 3. The fourth-order valence-electron chi connectivity index (χ4n) is 2.97. The van der Waals surface area contributed by atoms with Gasteiger partial charge < -0.3 is 10.4 Å². The van der Waals surface area contributed by atoms with E-state index in [9.17, 15) is 5.11 Å². The summed E-state index contributed by atoms with van der Waals surface area (Å²) in [5.41, 5.74) is -0.177. The molecule has 0 bridgehead atoms. The Morgan fingerprint density at radius 1 is 1.27 bits per heavy atom. The lowest BCUT2D eigenvalue weighted by Gasteiger charge is -2.46. The molecule has 88 valence electrons. The van der Waals surface area contributed by atoms with Crippen molar-refractivity contribution in [1.29, 1.82) is 0 Å². The van der Waals surface area contributed by atoms with Gasteiger partial charge >= 0.3 is 0 Å². The van der Waals surface area contributed by atoms with E-state index in [-0.39, 0.29) is 5.41 Å². The molecule has 2 rings (SSSR count). The predicted octanol–water partition coefficient (Wildman–Crippen LogP) is 2.02. The predicted molar refractivity (Wildman–Crippen MR) is 66.3 cm³/mol. The quantitative estimate of drug-likeness (QED) is 0.721. The fraction of sp³-hybridized carbons (Fsp3) is 1.00. The summed E-state index contributed by atoms with van der Waals surface area (Å²) in [5.74, 6) is 2.09. The van der Waals surface area contributed by atoms with Gasteiger partial charge in [-0.25, -0.2) is 0 Å². The van der Waals surface area contributed by atoms with Gasteiger partial charge in [0.1, 0.15) is 0 Å². The zero-order valence-corrected chi connectivity index (χ0v) is 10.7. The summed E-state index contributed by atoms with van der Waals surface area (Å²) in [6.07, 6.45) is 4.63. The summed E-state index contributed by atoms with van der Waals surface area (Å²) in [6.45, 7) is 5.62. The molecule has 0 aliphatic carbocycles. The molecule has 0 aromatic carbocycles. The molecule has 2 aliphatic rings. The molecule has 2 heterocycles. The monoisotopic (exact) mass is 229 g/mol. The van der Waals surface area contributed by atoms with E-state index in [1.165, 1.54) is 18.6 Å². The topological polar surface area (TPSA) is 32.3 Å². The second-order valence-electron chi connectivity index (χ2n) is 5.94. The molecule has 2 saturated heterocycles. The van der Waals surface area contributed by atoms with E-state index in [0.717, 1.165) is 25.1 Å². The molecule has 2 atom stereocenters. The van der Waals surface area contributed by atoms with E-state index in [4.69, 9.17) is 0 Å². The highest BCUT2D eigenvalue weighted by atomic mass is 32.2. The number of hydrogen-bond donors (Lipinski definition) is 2. The molecule has 15 heavy (non-hydrogen) atoms. The Labute approximate surface area is 97.2 Å². The molecule has 0 amide bonds. The van der Waals surface area contributed by atoms with Crippen LogP contribution in [0.5, 0.6) is 0 Å². The number of rotatable bonds is 1. The van der Waals surface area contributed by atoms with Crippen LogP contribution in [0, 0.1) is 5.41 Å². The van der Waals surface area contributed by atoms with Crippen molar-refractivity contribution < 1.29 is 5.11 Å². The maximum absolute atomic E-state index is 10.7. The summed E-state index contributed by atoms with van der Waals surface area (Å²) < 4.78 is 0. The van der Waals surface area contributed by atoms with Crippen molar-refractivity contribution in [2.24, 2.45) is 5.41 Å². The van der Waals surface area contributed by atoms with Crippen molar-refractivity contribution in [3.05, 3.63) is 0 Å². The SMILES string of the molecule is CC1(C)CSCC(O)(C2CCCCN2)C1. The van der Waals surface area contributed by atoms with E-state index >= 15 is 0 Å². The minimum absolute atomic E-state index is 0.288.